The van der Waals surface area contributed by atoms with Gasteiger partial charge in [0, 0.05) is 25.2 Å². The summed E-state index contributed by atoms with van der Waals surface area (Å²) in [5.74, 6) is -0.373. The number of halogens is 1. The Morgan fingerprint density at radius 2 is 1.91 bits per heavy atom. The Balaban J connectivity index is 1.83. The first kappa shape index (κ1) is 16.5. The Morgan fingerprint density at radius 1 is 1.13 bits per heavy atom. The molecule has 0 unspecified atom stereocenters. The molecule has 0 aliphatic rings. The molecule has 120 valence electrons. The van der Waals surface area contributed by atoms with Gasteiger partial charge in [0.15, 0.2) is 0 Å². The normalized spacial score (nSPS) is 10.0. The van der Waals surface area contributed by atoms with Gasteiger partial charge < -0.3 is 15.4 Å². The van der Waals surface area contributed by atoms with Crippen molar-refractivity contribution in [1.82, 2.24) is 5.32 Å². The van der Waals surface area contributed by atoms with Crippen LogP contribution in [0.4, 0.5) is 14.9 Å². The molecule has 0 heterocycles. The van der Waals surface area contributed by atoms with E-state index >= 15 is 0 Å². The second kappa shape index (κ2) is 7.93. The molecule has 0 bridgehead atoms. The molecule has 0 radical (unpaired) electrons. The van der Waals surface area contributed by atoms with Gasteiger partial charge in [0.05, 0.1) is 0 Å². The van der Waals surface area contributed by atoms with E-state index in [0.717, 1.165) is 0 Å². The third kappa shape index (κ3) is 5.43. The van der Waals surface area contributed by atoms with E-state index in [1.165, 1.54) is 19.1 Å². The molecule has 0 saturated heterocycles. The summed E-state index contributed by atoms with van der Waals surface area (Å²) < 4.78 is 18.4. The zero-order chi connectivity index (χ0) is 16.7. The number of hydrogen-bond acceptors (Lipinski definition) is 3. The van der Waals surface area contributed by atoms with Crippen LogP contribution in [-0.4, -0.2) is 18.5 Å². The van der Waals surface area contributed by atoms with E-state index in [-0.39, 0.29) is 5.82 Å². The second-order valence-corrected chi connectivity index (χ2v) is 4.84. The molecule has 0 aromatic heterocycles. The number of nitrogens with one attached hydrogen (secondary N) is 2. The van der Waals surface area contributed by atoms with Crippen LogP contribution < -0.4 is 15.4 Å². The Labute approximate surface area is 133 Å². The molecule has 0 fully saturated rings. The first-order chi connectivity index (χ1) is 11.0. The zero-order valence-electron chi connectivity index (χ0n) is 12.6. The second-order valence-electron chi connectivity index (χ2n) is 4.84. The van der Waals surface area contributed by atoms with Crippen molar-refractivity contribution in [3.63, 3.8) is 0 Å². The highest BCUT2D eigenvalue weighted by molar-refractivity contribution is 5.89. The fraction of sp³-hybridized carbons (Fsp3) is 0.176. The molecule has 0 saturated carbocycles. The van der Waals surface area contributed by atoms with Crippen LogP contribution in [0.5, 0.6) is 5.75 Å². The van der Waals surface area contributed by atoms with Crippen molar-refractivity contribution in [3.8, 4) is 5.75 Å². The van der Waals surface area contributed by atoms with Crippen LogP contribution in [0.2, 0.25) is 0 Å². The minimum atomic E-state index is -0.434. The lowest BCUT2D eigenvalue weighted by atomic mass is 10.1. The van der Waals surface area contributed by atoms with E-state index in [2.05, 4.69) is 10.6 Å². The summed E-state index contributed by atoms with van der Waals surface area (Å²) in [5.41, 5.74) is 1.04. The highest BCUT2D eigenvalue weighted by Gasteiger charge is 2.05. The number of carbonyl (C=O) groups is 2. The summed E-state index contributed by atoms with van der Waals surface area (Å²) in [6.07, 6.45) is 0.396. The highest BCUT2D eigenvalue weighted by Crippen LogP contribution is 2.17. The van der Waals surface area contributed by atoms with E-state index < -0.39 is 12.0 Å². The summed E-state index contributed by atoms with van der Waals surface area (Å²) in [6, 6.07) is 12.5. The molecule has 5 nitrogen and oxygen atoms in total. The van der Waals surface area contributed by atoms with E-state index in [1.54, 1.807) is 36.4 Å². The molecule has 23 heavy (non-hydrogen) atoms. The van der Waals surface area contributed by atoms with Crippen LogP contribution in [-0.2, 0) is 11.2 Å². The van der Waals surface area contributed by atoms with Crippen molar-refractivity contribution in [2.75, 3.05) is 11.9 Å². The number of rotatable bonds is 5. The lowest BCUT2D eigenvalue weighted by molar-refractivity contribution is -0.131. The first-order valence-electron chi connectivity index (χ1n) is 7.11. The van der Waals surface area contributed by atoms with Crippen molar-refractivity contribution in [2.45, 2.75) is 13.3 Å². The van der Waals surface area contributed by atoms with Crippen LogP contribution in [0.3, 0.4) is 0 Å². The van der Waals surface area contributed by atoms with Gasteiger partial charge in [-0.2, -0.15) is 0 Å². The van der Waals surface area contributed by atoms with Gasteiger partial charge in [0.25, 0.3) is 0 Å². The molecule has 2 rings (SSSR count). The molecule has 2 aromatic carbocycles. The van der Waals surface area contributed by atoms with Gasteiger partial charge in [0.2, 0.25) is 0 Å². The standard InChI is InChI=1S/C17H17FN2O3/c1-12(21)23-15-7-4-6-14(11-15)20-17(22)19-10-9-13-5-2-3-8-16(13)18/h2-8,11H,9-10H2,1H3,(H2,19,20,22). The summed E-state index contributed by atoms with van der Waals surface area (Å²) in [6.45, 7) is 1.60. The lowest BCUT2D eigenvalue weighted by Crippen LogP contribution is -2.30. The molecule has 0 aliphatic carbocycles. The minimum absolute atomic E-state index is 0.288. The Kier molecular flexibility index (Phi) is 5.68. The quantitative estimate of drug-likeness (QED) is 0.658. The SMILES string of the molecule is CC(=O)Oc1cccc(NC(=O)NCCc2ccccc2F)c1. The highest BCUT2D eigenvalue weighted by atomic mass is 19.1. The minimum Gasteiger partial charge on any atom is -0.427 e. The number of hydrogen-bond donors (Lipinski definition) is 2. The average Bonchev–Trinajstić information content (AvgIpc) is 2.49. The molecular weight excluding hydrogens is 299 g/mol. The summed E-state index contributed by atoms with van der Waals surface area (Å²) in [4.78, 5) is 22.7. The lowest BCUT2D eigenvalue weighted by Gasteiger charge is -2.09. The maximum absolute atomic E-state index is 13.4. The third-order valence-corrected chi connectivity index (χ3v) is 2.99. The van der Waals surface area contributed by atoms with E-state index in [0.29, 0.717) is 30.0 Å². The van der Waals surface area contributed by atoms with E-state index in [9.17, 15) is 14.0 Å². The number of urea groups is 1. The monoisotopic (exact) mass is 316 g/mol. The van der Waals surface area contributed by atoms with Gasteiger partial charge in [-0.3, -0.25) is 4.79 Å². The van der Waals surface area contributed by atoms with E-state index in [1.807, 2.05) is 0 Å². The molecule has 0 spiro atoms. The smallest absolute Gasteiger partial charge is 0.319 e. The Bertz CT molecular complexity index is 704. The van der Waals surface area contributed by atoms with Crippen LogP contribution in [0, 0.1) is 5.82 Å². The molecule has 2 aromatic rings. The molecule has 2 amide bonds. The number of ether oxygens (including phenoxy) is 1. The van der Waals surface area contributed by atoms with Crippen molar-refractivity contribution in [2.24, 2.45) is 0 Å². The number of esters is 1. The third-order valence-electron chi connectivity index (χ3n) is 2.99. The molecule has 0 atom stereocenters. The van der Waals surface area contributed by atoms with Crippen LogP contribution >= 0.6 is 0 Å². The van der Waals surface area contributed by atoms with E-state index in [4.69, 9.17) is 4.74 Å². The van der Waals surface area contributed by atoms with Gasteiger partial charge in [-0.25, -0.2) is 9.18 Å². The van der Waals surface area contributed by atoms with Gasteiger partial charge in [0.1, 0.15) is 11.6 Å². The predicted molar refractivity (Wildman–Crippen MR) is 84.9 cm³/mol. The largest absolute Gasteiger partial charge is 0.427 e. The van der Waals surface area contributed by atoms with Gasteiger partial charge in [-0.15, -0.1) is 0 Å². The predicted octanol–water partition coefficient (Wildman–Crippen LogP) is 3.12. The molecular formula is C17H17FN2O3. The van der Waals surface area contributed by atoms with Gasteiger partial charge in [-0.1, -0.05) is 24.3 Å². The van der Waals surface area contributed by atoms with Crippen molar-refractivity contribution < 1.29 is 18.7 Å². The van der Waals surface area contributed by atoms with Gasteiger partial charge in [-0.05, 0) is 30.2 Å². The average molecular weight is 316 g/mol. The molecule has 2 N–H and O–H groups in total. The molecule has 0 aliphatic heterocycles. The summed E-state index contributed by atoms with van der Waals surface area (Å²) >= 11 is 0. The topological polar surface area (TPSA) is 67.4 Å². The number of amides is 2. The maximum atomic E-state index is 13.4. The maximum Gasteiger partial charge on any atom is 0.319 e. The van der Waals surface area contributed by atoms with Crippen LogP contribution in [0.15, 0.2) is 48.5 Å². The fourth-order valence-electron chi connectivity index (χ4n) is 1.99. The van der Waals surface area contributed by atoms with Crippen LogP contribution in [0.1, 0.15) is 12.5 Å². The summed E-state index contributed by atoms with van der Waals surface area (Å²) in [7, 11) is 0. The summed E-state index contributed by atoms with van der Waals surface area (Å²) in [5, 5.41) is 5.26. The number of carbonyl (C=O) groups excluding carboxylic acids is 2. The number of benzene rings is 2. The Morgan fingerprint density at radius 3 is 2.65 bits per heavy atom. The molecule has 6 heteroatoms. The number of anilines is 1. The van der Waals surface area contributed by atoms with Crippen molar-refractivity contribution >= 4 is 17.7 Å². The van der Waals surface area contributed by atoms with Crippen molar-refractivity contribution in [1.29, 1.82) is 0 Å². The first-order valence-corrected chi connectivity index (χ1v) is 7.11. The Hall–Kier alpha value is -2.89. The van der Waals surface area contributed by atoms with Gasteiger partial charge >= 0.3 is 12.0 Å². The van der Waals surface area contributed by atoms with Crippen LogP contribution in [0.25, 0.3) is 0 Å². The fourth-order valence-corrected chi connectivity index (χ4v) is 1.99. The zero-order valence-corrected chi connectivity index (χ0v) is 12.6. The van der Waals surface area contributed by atoms with Crippen molar-refractivity contribution in [3.05, 3.63) is 59.9 Å².